The van der Waals surface area contributed by atoms with E-state index in [1.165, 1.54) is 12.4 Å². The smallest absolute Gasteiger partial charge is 0.293 e. The van der Waals surface area contributed by atoms with Gasteiger partial charge in [0.05, 0.1) is 11.5 Å². The molecular formula is C24H21NO4S. The van der Waals surface area contributed by atoms with Crippen molar-refractivity contribution < 1.29 is 19.1 Å². The van der Waals surface area contributed by atoms with E-state index >= 15 is 0 Å². The zero-order chi connectivity index (χ0) is 21.1. The van der Waals surface area contributed by atoms with Crippen molar-refractivity contribution in [2.75, 3.05) is 13.7 Å². The molecule has 0 spiro atoms. The van der Waals surface area contributed by atoms with Gasteiger partial charge in [0, 0.05) is 7.05 Å². The Balaban J connectivity index is 1.58. The molecule has 1 fully saturated rings. The Morgan fingerprint density at radius 2 is 1.77 bits per heavy atom. The molecule has 1 aliphatic heterocycles. The highest BCUT2D eigenvalue weighted by atomic mass is 32.2. The highest BCUT2D eigenvalue weighted by Gasteiger charge is 2.31. The molecule has 0 unspecified atom stereocenters. The maximum Gasteiger partial charge on any atom is 0.293 e. The lowest BCUT2D eigenvalue weighted by atomic mass is 10.1. The Bertz CT molecular complexity index is 1150. The Morgan fingerprint density at radius 1 is 0.967 bits per heavy atom. The van der Waals surface area contributed by atoms with E-state index in [9.17, 15) is 9.59 Å². The number of hydrogen-bond acceptors (Lipinski definition) is 5. The fourth-order valence-electron chi connectivity index (χ4n) is 3.27. The number of nitrogens with zero attached hydrogens (tertiary/aromatic N) is 1. The quantitative estimate of drug-likeness (QED) is 0.495. The third kappa shape index (κ3) is 4.04. The minimum Gasteiger partial charge on any atom is -0.490 e. The fraction of sp³-hybridized carbons (Fsp3) is 0.167. The molecule has 30 heavy (non-hydrogen) atoms. The Hall–Kier alpha value is -3.25. The van der Waals surface area contributed by atoms with E-state index in [4.69, 9.17) is 9.47 Å². The van der Waals surface area contributed by atoms with E-state index < -0.39 is 0 Å². The van der Waals surface area contributed by atoms with E-state index in [2.05, 4.69) is 24.3 Å². The molecule has 0 radical (unpaired) electrons. The first kappa shape index (κ1) is 20.0. The number of amides is 2. The molecule has 0 atom stereocenters. The molecule has 3 aromatic rings. The predicted octanol–water partition coefficient (Wildman–Crippen LogP) is 5.48. The number of rotatable bonds is 6. The number of ether oxygens (including phenoxy) is 2. The number of carbonyl (C=O) groups excluding carboxylic acids is 2. The van der Waals surface area contributed by atoms with Crippen molar-refractivity contribution in [3.8, 4) is 11.5 Å². The molecule has 3 aromatic carbocycles. The third-order valence-corrected chi connectivity index (χ3v) is 5.78. The first-order valence-electron chi connectivity index (χ1n) is 9.64. The first-order chi connectivity index (χ1) is 14.6. The number of imide groups is 1. The summed E-state index contributed by atoms with van der Waals surface area (Å²) in [4.78, 5) is 25.3. The Labute approximate surface area is 179 Å². The average Bonchev–Trinajstić information content (AvgIpc) is 3.00. The van der Waals surface area contributed by atoms with Crippen molar-refractivity contribution in [3.63, 3.8) is 0 Å². The van der Waals surface area contributed by atoms with Gasteiger partial charge in [0.2, 0.25) is 0 Å². The van der Waals surface area contributed by atoms with Crippen LogP contribution in [0.3, 0.4) is 0 Å². The molecule has 152 valence electrons. The van der Waals surface area contributed by atoms with Crippen LogP contribution in [-0.4, -0.2) is 29.7 Å². The second-order valence-corrected chi connectivity index (χ2v) is 7.80. The summed E-state index contributed by atoms with van der Waals surface area (Å²) in [5.41, 5.74) is 1.87. The van der Waals surface area contributed by atoms with Crippen LogP contribution in [0, 0.1) is 0 Å². The monoisotopic (exact) mass is 419 g/mol. The van der Waals surface area contributed by atoms with Crippen LogP contribution in [-0.2, 0) is 11.4 Å². The summed E-state index contributed by atoms with van der Waals surface area (Å²) in [6, 6.07) is 19.9. The summed E-state index contributed by atoms with van der Waals surface area (Å²) in [6.07, 6.45) is 1.70. The second kappa shape index (κ2) is 8.63. The summed E-state index contributed by atoms with van der Waals surface area (Å²) < 4.78 is 11.8. The van der Waals surface area contributed by atoms with Gasteiger partial charge in [-0.3, -0.25) is 14.5 Å². The van der Waals surface area contributed by atoms with Crippen LogP contribution in [0.1, 0.15) is 18.1 Å². The van der Waals surface area contributed by atoms with Crippen LogP contribution in [0.2, 0.25) is 0 Å². The van der Waals surface area contributed by atoms with E-state index in [1.54, 1.807) is 6.08 Å². The largest absolute Gasteiger partial charge is 0.490 e. The van der Waals surface area contributed by atoms with Crippen molar-refractivity contribution in [1.29, 1.82) is 0 Å². The van der Waals surface area contributed by atoms with Crippen molar-refractivity contribution >= 4 is 39.8 Å². The van der Waals surface area contributed by atoms with Crippen LogP contribution >= 0.6 is 11.8 Å². The molecule has 0 aromatic heterocycles. The highest BCUT2D eigenvalue weighted by molar-refractivity contribution is 8.18. The first-order valence-corrected chi connectivity index (χ1v) is 10.5. The number of benzene rings is 3. The van der Waals surface area contributed by atoms with E-state index in [0.29, 0.717) is 29.6 Å². The minimum absolute atomic E-state index is 0.272. The number of carbonyl (C=O) groups is 2. The molecule has 1 heterocycles. The van der Waals surface area contributed by atoms with Gasteiger partial charge in [-0.25, -0.2) is 0 Å². The molecule has 6 heteroatoms. The van der Waals surface area contributed by atoms with E-state index in [-0.39, 0.29) is 11.1 Å². The highest BCUT2D eigenvalue weighted by Crippen LogP contribution is 2.34. The second-order valence-electron chi connectivity index (χ2n) is 6.81. The Morgan fingerprint density at radius 3 is 2.53 bits per heavy atom. The van der Waals surface area contributed by atoms with Crippen molar-refractivity contribution in [1.82, 2.24) is 4.90 Å². The van der Waals surface area contributed by atoms with Gasteiger partial charge in [-0.05, 0) is 58.8 Å². The summed E-state index contributed by atoms with van der Waals surface area (Å²) in [7, 11) is 1.48. The molecule has 2 amide bonds. The topological polar surface area (TPSA) is 55.8 Å². The summed E-state index contributed by atoms with van der Waals surface area (Å²) in [6.45, 7) is 2.80. The third-order valence-electron chi connectivity index (χ3n) is 4.82. The van der Waals surface area contributed by atoms with Crippen LogP contribution in [0.4, 0.5) is 4.79 Å². The number of fused-ring (bicyclic) bond motifs is 1. The predicted molar refractivity (Wildman–Crippen MR) is 120 cm³/mol. The lowest BCUT2D eigenvalue weighted by molar-refractivity contribution is -0.121. The van der Waals surface area contributed by atoms with Gasteiger partial charge < -0.3 is 9.47 Å². The minimum atomic E-state index is -0.292. The van der Waals surface area contributed by atoms with Crippen LogP contribution in [0.25, 0.3) is 16.8 Å². The van der Waals surface area contributed by atoms with Gasteiger partial charge in [0.1, 0.15) is 6.61 Å². The SMILES string of the molecule is CCOc1cc(/C=C2\SC(=O)N(C)C2=O)ccc1OCc1cccc2ccccc12. The van der Waals surface area contributed by atoms with Crippen LogP contribution in [0.15, 0.2) is 65.6 Å². The molecule has 0 bridgehead atoms. The van der Waals surface area contributed by atoms with Gasteiger partial charge in [-0.15, -0.1) is 0 Å². The van der Waals surface area contributed by atoms with Crippen LogP contribution in [0.5, 0.6) is 11.5 Å². The van der Waals surface area contributed by atoms with Gasteiger partial charge in [-0.1, -0.05) is 48.5 Å². The molecule has 0 aliphatic carbocycles. The molecule has 1 saturated heterocycles. The van der Waals surface area contributed by atoms with Gasteiger partial charge in [0.15, 0.2) is 11.5 Å². The number of likely N-dealkylation sites (N-methyl/N-ethyl adjacent to an activating group) is 1. The lowest BCUT2D eigenvalue weighted by Gasteiger charge is -2.14. The summed E-state index contributed by atoms with van der Waals surface area (Å²) >= 11 is 0.935. The molecule has 5 nitrogen and oxygen atoms in total. The molecule has 4 rings (SSSR count). The summed E-state index contributed by atoms with van der Waals surface area (Å²) in [5.74, 6) is 0.937. The van der Waals surface area contributed by atoms with Gasteiger partial charge in [-0.2, -0.15) is 0 Å². The molecular weight excluding hydrogens is 398 g/mol. The van der Waals surface area contributed by atoms with E-state index in [0.717, 1.165) is 33.2 Å². The fourth-order valence-corrected chi connectivity index (χ4v) is 4.10. The lowest BCUT2D eigenvalue weighted by Crippen LogP contribution is -2.22. The zero-order valence-corrected chi connectivity index (χ0v) is 17.6. The average molecular weight is 420 g/mol. The molecule has 1 aliphatic rings. The maximum atomic E-state index is 12.1. The number of thioether (sulfide) groups is 1. The van der Waals surface area contributed by atoms with Crippen molar-refractivity contribution in [2.24, 2.45) is 0 Å². The van der Waals surface area contributed by atoms with Crippen LogP contribution < -0.4 is 9.47 Å². The Kier molecular flexibility index (Phi) is 5.77. The zero-order valence-electron chi connectivity index (χ0n) is 16.8. The summed E-state index contributed by atoms with van der Waals surface area (Å²) in [5, 5.41) is 2.06. The standard InChI is InChI=1S/C24H21NO4S/c1-3-28-21-13-16(14-22-23(26)25(2)24(27)30-22)11-12-20(21)29-15-18-9-6-8-17-7-4-5-10-19(17)18/h4-14H,3,15H2,1-2H3/b22-14-. The molecule has 0 saturated carbocycles. The molecule has 0 N–H and O–H groups in total. The maximum absolute atomic E-state index is 12.1. The van der Waals surface area contributed by atoms with Gasteiger partial charge >= 0.3 is 0 Å². The number of hydrogen-bond donors (Lipinski definition) is 0. The van der Waals surface area contributed by atoms with Crippen molar-refractivity contribution in [3.05, 3.63) is 76.7 Å². The van der Waals surface area contributed by atoms with Gasteiger partial charge in [0.25, 0.3) is 11.1 Å². The van der Waals surface area contributed by atoms with Crippen molar-refractivity contribution in [2.45, 2.75) is 13.5 Å². The normalized spacial score (nSPS) is 15.3. The van der Waals surface area contributed by atoms with E-state index in [1.807, 2.05) is 43.3 Å².